The van der Waals surface area contributed by atoms with Gasteiger partial charge in [-0.05, 0) is 31.5 Å². The summed E-state index contributed by atoms with van der Waals surface area (Å²) in [5.74, 6) is 4.43. The Morgan fingerprint density at radius 3 is 2.45 bits per heavy atom. The van der Waals surface area contributed by atoms with Crippen molar-refractivity contribution in [2.45, 2.75) is 64.8 Å². The first-order valence-corrected chi connectivity index (χ1v) is 9.98. The smallest absolute Gasteiger partial charge is 0.384 e. The second kappa shape index (κ2) is 8.45. The van der Waals surface area contributed by atoms with E-state index in [4.69, 9.17) is 4.43 Å². The second-order valence-electron chi connectivity index (χ2n) is 6.28. The molecule has 20 heavy (non-hydrogen) atoms. The quantitative estimate of drug-likeness (QED) is 0.355. The van der Waals surface area contributed by atoms with Crippen LogP contribution < -0.4 is 0 Å². The van der Waals surface area contributed by atoms with E-state index in [2.05, 4.69) is 50.4 Å². The summed E-state index contributed by atoms with van der Waals surface area (Å²) in [5.41, 5.74) is 0. The molecule has 116 valence electrons. The standard InChI is InChI=1S/C15H28O4Si/c1-7-18-14(17)10-8-9-13(16)11-12-19-20(5,6)15(2,3)4/h13,16H,7,9,11-12H2,1-6H3/t13-/m0/s1. The van der Waals surface area contributed by atoms with Gasteiger partial charge in [0.2, 0.25) is 0 Å². The van der Waals surface area contributed by atoms with E-state index in [1.165, 1.54) is 0 Å². The molecule has 0 saturated heterocycles. The summed E-state index contributed by atoms with van der Waals surface area (Å²) < 4.78 is 10.6. The van der Waals surface area contributed by atoms with Crippen molar-refractivity contribution in [2.24, 2.45) is 0 Å². The van der Waals surface area contributed by atoms with E-state index in [1.807, 2.05) is 0 Å². The highest BCUT2D eigenvalue weighted by Crippen LogP contribution is 2.36. The molecular weight excluding hydrogens is 272 g/mol. The van der Waals surface area contributed by atoms with Gasteiger partial charge in [0, 0.05) is 18.9 Å². The number of hydrogen-bond donors (Lipinski definition) is 1. The van der Waals surface area contributed by atoms with Crippen molar-refractivity contribution in [3.05, 3.63) is 0 Å². The number of rotatable bonds is 6. The molecule has 0 aliphatic heterocycles. The zero-order valence-corrected chi connectivity index (χ0v) is 14.6. The maximum atomic E-state index is 11.0. The first-order valence-electron chi connectivity index (χ1n) is 7.08. The van der Waals surface area contributed by atoms with Crippen LogP contribution in [0.25, 0.3) is 0 Å². The highest BCUT2D eigenvalue weighted by molar-refractivity contribution is 6.74. The summed E-state index contributed by atoms with van der Waals surface area (Å²) >= 11 is 0. The van der Waals surface area contributed by atoms with E-state index >= 15 is 0 Å². The molecule has 0 rings (SSSR count). The van der Waals surface area contributed by atoms with Crippen molar-refractivity contribution in [2.75, 3.05) is 13.2 Å². The molecule has 0 aromatic heterocycles. The fraction of sp³-hybridized carbons (Fsp3) is 0.800. The lowest BCUT2D eigenvalue weighted by atomic mass is 10.2. The minimum absolute atomic E-state index is 0.168. The zero-order chi connectivity index (χ0) is 15.8. The van der Waals surface area contributed by atoms with Gasteiger partial charge in [-0.25, -0.2) is 4.79 Å². The SMILES string of the molecule is CCOC(=O)C#CC[C@H](O)CCO[Si](C)(C)C(C)(C)C. The molecule has 0 saturated carbocycles. The van der Waals surface area contributed by atoms with Gasteiger partial charge in [-0.2, -0.15) is 0 Å². The highest BCUT2D eigenvalue weighted by Gasteiger charge is 2.36. The van der Waals surface area contributed by atoms with E-state index < -0.39 is 20.4 Å². The van der Waals surface area contributed by atoms with Crippen molar-refractivity contribution in [1.82, 2.24) is 0 Å². The van der Waals surface area contributed by atoms with Crippen molar-refractivity contribution in [3.8, 4) is 11.8 Å². The lowest BCUT2D eigenvalue weighted by Gasteiger charge is -2.36. The number of esters is 1. The molecule has 5 heteroatoms. The van der Waals surface area contributed by atoms with Crippen LogP contribution in [0, 0.1) is 11.8 Å². The van der Waals surface area contributed by atoms with Crippen LogP contribution in [0.15, 0.2) is 0 Å². The van der Waals surface area contributed by atoms with Crippen molar-refractivity contribution in [1.29, 1.82) is 0 Å². The molecule has 0 unspecified atom stereocenters. The lowest BCUT2D eigenvalue weighted by Crippen LogP contribution is -2.41. The van der Waals surface area contributed by atoms with Gasteiger partial charge < -0.3 is 14.3 Å². The number of carbonyl (C=O) groups is 1. The minimum Gasteiger partial charge on any atom is -0.456 e. The third-order valence-electron chi connectivity index (χ3n) is 3.52. The Morgan fingerprint density at radius 2 is 1.95 bits per heavy atom. The maximum absolute atomic E-state index is 11.0. The van der Waals surface area contributed by atoms with E-state index in [9.17, 15) is 9.90 Å². The Labute approximate surface area is 124 Å². The summed E-state index contributed by atoms with van der Waals surface area (Å²) in [5, 5.41) is 9.94. The number of aliphatic hydroxyl groups is 1. The van der Waals surface area contributed by atoms with Gasteiger partial charge >= 0.3 is 5.97 Å². The summed E-state index contributed by atoms with van der Waals surface area (Å²) in [7, 11) is -1.75. The van der Waals surface area contributed by atoms with Gasteiger partial charge in [-0.1, -0.05) is 26.7 Å². The zero-order valence-electron chi connectivity index (χ0n) is 13.6. The second-order valence-corrected chi connectivity index (χ2v) is 11.1. The lowest BCUT2D eigenvalue weighted by molar-refractivity contribution is -0.136. The summed E-state index contributed by atoms with van der Waals surface area (Å²) in [6.45, 7) is 13.5. The number of carbonyl (C=O) groups excluding carboxylic acids is 1. The Morgan fingerprint density at radius 1 is 1.35 bits per heavy atom. The van der Waals surface area contributed by atoms with E-state index in [0.717, 1.165) is 0 Å². The molecule has 1 N–H and O–H groups in total. The van der Waals surface area contributed by atoms with Crippen LogP contribution in [0.2, 0.25) is 18.1 Å². The summed E-state index contributed by atoms with van der Waals surface area (Å²) in [6.07, 6.45) is 0.227. The molecule has 0 radical (unpaired) electrons. The molecule has 0 aliphatic carbocycles. The average Bonchev–Trinajstić information content (AvgIpc) is 2.27. The van der Waals surface area contributed by atoms with Gasteiger partial charge in [-0.3, -0.25) is 0 Å². The number of aliphatic hydroxyl groups excluding tert-OH is 1. The first-order chi connectivity index (χ1) is 9.10. The number of hydrogen-bond acceptors (Lipinski definition) is 4. The summed E-state index contributed by atoms with van der Waals surface area (Å²) in [4.78, 5) is 11.0. The van der Waals surface area contributed by atoms with Gasteiger partial charge in [0.05, 0.1) is 12.7 Å². The van der Waals surface area contributed by atoms with Crippen molar-refractivity contribution in [3.63, 3.8) is 0 Å². The molecule has 4 nitrogen and oxygen atoms in total. The van der Waals surface area contributed by atoms with Crippen LogP contribution >= 0.6 is 0 Å². The van der Waals surface area contributed by atoms with Gasteiger partial charge in [0.1, 0.15) is 0 Å². The molecule has 0 aromatic rings. The van der Waals surface area contributed by atoms with E-state index in [1.54, 1.807) is 6.92 Å². The van der Waals surface area contributed by atoms with Crippen LogP contribution in [-0.2, 0) is 14.0 Å². The Hall–Kier alpha value is -0.833. The topological polar surface area (TPSA) is 55.8 Å². The molecule has 1 atom stereocenters. The normalized spacial score (nSPS) is 13.3. The molecule has 0 spiro atoms. The minimum atomic E-state index is -1.75. The monoisotopic (exact) mass is 300 g/mol. The molecule has 0 bridgehead atoms. The Kier molecular flexibility index (Phi) is 8.10. The van der Waals surface area contributed by atoms with E-state index in [0.29, 0.717) is 19.6 Å². The number of ether oxygens (including phenoxy) is 1. The third kappa shape index (κ3) is 7.68. The summed E-state index contributed by atoms with van der Waals surface area (Å²) in [6, 6.07) is 0. The van der Waals surface area contributed by atoms with Crippen molar-refractivity contribution >= 4 is 14.3 Å². The average molecular weight is 300 g/mol. The Bertz CT molecular complexity index is 360. The molecule has 0 aromatic carbocycles. The van der Waals surface area contributed by atoms with Gasteiger partial charge in [0.15, 0.2) is 8.32 Å². The fourth-order valence-corrected chi connectivity index (χ4v) is 2.24. The van der Waals surface area contributed by atoms with Gasteiger partial charge in [0.25, 0.3) is 0 Å². The molecule has 0 amide bonds. The predicted molar refractivity (Wildman–Crippen MR) is 82.8 cm³/mol. The maximum Gasteiger partial charge on any atom is 0.384 e. The molecule has 0 fully saturated rings. The van der Waals surface area contributed by atoms with Gasteiger partial charge in [-0.15, -0.1) is 0 Å². The molecular formula is C15H28O4Si. The van der Waals surface area contributed by atoms with E-state index in [-0.39, 0.29) is 11.5 Å². The molecule has 0 heterocycles. The van der Waals surface area contributed by atoms with Crippen LogP contribution in [-0.4, -0.2) is 38.7 Å². The largest absolute Gasteiger partial charge is 0.456 e. The highest BCUT2D eigenvalue weighted by atomic mass is 28.4. The van der Waals surface area contributed by atoms with Crippen molar-refractivity contribution < 1.29 is 19.1 Å². The third-order valence-corrected chi connectivity index (χ3v) is 8.06. The fourth-order valence-electron chi connectivity index (χ4n) is 1.18. The van der Waals surface area contributed by atoms with Crippen LogP contribution in [0.4, 0.5) is 0 Å². The van der Waals surface area contributed by atoms with Crippen LogP contribution in [0.3, 0.4) is 0 Å². The predicted octanol–water partition coefficient (Wildman–Crippen LogP) is 2.72. The van der Waals surface area contributed by atoms with Crippen LogP contribution in [0.1, 0.15) is 40.5 Å². The molecule has 0 aliphatic rings. The first kappa shape index (κ1) is 19.2. The van der Waals surface area contributed by atoms with Crippen LogP contribution in [0.5, 0.6) is 0 Å². The Balaban J connectivity index is 4.01.